The van der Waals surface area contributed by atoms with E-state index in [4.69, 9.17) is 0 Å². The van der Waals surface area contributed by atoms with Crippen molar-refractivity contribution in [1.82, 2.24) is 24.4 Å². The maximum atomic E-state index is 12.5. The number of H-pyrrole nitrogens is 1. The molecule has 0 radical (unpaired) electrons. The van der Waals surface area contributed by atoms with Gasteiger partial charge in [-0.1, -0.05) is 0 Å². The quantitative estimate of drug-likeness (QED) is 0.648. The van der Waals surface area contributed by atoms with Gasteiger partial charge in [-0.15, -0.1) is 0 Å². The van der Waals surface area contributed by atoms with Crippen LogP contribution in [0.1, 0.15) is 47.9 Å². The molecule has 2 heterocycles. The molecule has 3 aromatic rings. The van der Waals surface area contributed by atoms with Crippen LogP contribution in [0.5, 0.6) is 0 Å². The second-order valence-corrected chi connectivity index (χ2v) is 7.13. The van der Waals surface area contributed by atoms with Crippen LogP contribution in [0.15, 0.2) is 35.4 Å². The maximum absolute atomic E-state index is 12.5. The molecule has 1 aliphatic rings. The summed E-state index contributed by atoms with van der Waals surface area (Å²) in [4.78, 5) is 31.9. The minimum atomic E-state index is -0.267. The molecule has 8 nitrogen and oxygen atoms in total. The summed E-state index contributed by atoms with van der Waals surface area (Å²) in [5.74, 6) is 0.553. The Labute approximate surface area is 155 Å². The van der Waals surface area contributed by atoms with E-state index >= 15 is 0 Å². The Morgan fingerprint density at radius 2 is 2.11 bits per heavy atom. The van der Waals surface area contributed by atoms with Gasteiger partial charge in [-0.2, -0.15) is 0 Å². The lowest BCUT2D eigenvalue weighted by Crippen LogP contribution is -2.27. The van der Waals surface area contributed by atoms with Crippen LogP contribution in [0, 0.1) is 0 Å². The Kier molecular flexibility index (Phi) is 4.57. The van der Waals surface area contributed by atoms with Crippen molar-refractivity contribution in [3.63, 3.8) is 0 Å². The number of carbonyl (C=O) groups is 1. The van der Waals surface area contributed by atoms with Gasteiger partial charge in [0.2, 0.25) is 0 Å². The van der Waals surface area contributed by atoms with Crippen LogP contribution < -0.4 is 11.0 Å². The third kappa shape index (κ3) is 3.40. The number of hydrogen-bond acceptors (Lipinski definition) is 4. The van der Waals surface area contributed by atoms with Gasteiger partial charge in [0.1, 0.15) is 5.82 Å². The van der Waals surface area contributed by atoms with E-state index < -0.39 is 0 Å². The van der Waals surface area contributed by atoms with Crippen LogP contribution in [0.2, 0.25) is 0 Å². The molecule has 2 aromatic heterocycles. The molecule has 0 saturated heterocycles. The first kappa shape index (κ1) is 17.5. The van der Waals surface area contributed by atoms with E-state index in [9.17, 15) is 14.7 Å². The number of aryl methyl sites for hydroxylation is 1. The fourth-order valence-electron chi connectivity index (χ4n) is 3.78. The third-order valence-electron chi connectivity index (χ3n) is 5.34. The lowest BCUT2D eigenvalue weighted by Gasteiger charge is -2.26. The lowest BCUT2D eigenvalue weighted by molar-refractivity contribution is 0.0949. The standard InChI is InChI=1S/C19H23N5O3/c1-23-9-8-20-17(23)11-21-18(26)12-2-7-16-15(10-12)22-19(27)24(16)13-3-5-14(25)6-4-13/h2,7-10,13-14,25H,3-6,11H2,1H3,(H,21,26)(H,22,27). The van der Waals surface area contributed by atoms with Gasteiger partial charge in [-0.3, -0.25) is 9.36 Å². The molecule has 142 valence electrons. The van der Waals surface area contributed by atoms with E-state index in [0.29, 0.717) is 30.5 Å². The average Bonchev–Trinajstić information content (AvgIpc) is 3.21. The van der Waals surface area contributed by atoms with Gasteiger partial charge in [-0.25, -0.2) is 9.78 Å². The number of nitrogens with one attached hydrogen (secondary N) is 2. The van der Waals surface area contributed by atoms with E-state index in [1.165, 1.54) is 0 Å². The molecule has 3 N–H and O–H groups in total. The SMILES string of the molecule is Cn1ccnc1CNC(=O)c1ccc2c(c1)[nH]c(=O)n2C1CCC(O)CC1. The average molecular weight is 369 g/mol. The number of nitrogens with zero attached hydrogens (tertiary/aromatic N) is 3. The first-order chi connectivity index (χ1) is 13.0. The Morgan fingerprint density at radius 1 is 1.33 bits per heavy atom. The van der Waals surface area contributed by atoms with Crippen LogP contribution in [0.25, 0.3) is 11.0 Å². The number of aromatic amines is 1. The van der Waals surface area contributed by atoms with Crippen LogP contribution in [-0.2, 0) is 13.6 Å². The van der Waals surface area contributed by atoms with E-state index in [-0.39, 0.29) is 23.7 Å². The summed E-state index contributed by atoms with van der Waals surface area (Å²) >= 11 is 0. The molecule has 0 unspecified atom stereocenters. The zero-order valence-electron chi connectivity index (χ0n) is 15.2. The number of aromatic nitrogens is 4. The number of rotatable bonds is 4. The molecule has 1 fully saturated rings. The highest BCUT2D eigenvalue weighted by molar-refractivity contribution is 5.97. The minimum absolute atomic E-state index is 0.0812. The first-order valence-electron chi connectivity index (χ1n) is 9.19. The molecule has 1 aromatic carbocycles. The highest BCUT2D eigenvalue weighted by atomic mass is 16.3. The number of fused-ring (bicyclic) bond motifs is 1. The summed E-state index contributed by atoms with van der Waals surface area (Å²) < 4.78 is 3.61. The molecule has 0 aliphatic heterocycles. The van der Waals surface area contributed by atoms with Gasteiger partial charge in [0, 0.05) is 31.0 Å². The number of benzene rings is 1. The van der Waals surface area contributed by atoms with Crippen molar-refractivity contribution in [3.05, 3.63) is 52.5 Å². The first-order valence-corrected chi connectivity index (χ1v) is 9.19. The Morgan fingerprint density at radius 3 is 2.81 bits per heavy atom. The molecule has 0 bridgehead atoms. The van der Waals surface area contributed by atoms with Gasteiger partial charge >= 0.3 is 5.69 Å². The highest BCUT2D eigenvalue weighted by Crippen LogP contribution is 2.29. The molecular weight excluding hydrogens is 346 g/mol. The van der Waals surface area contributed by atoms with Crippen molar-refractivity contribution in [1.29, 1.82) is 0 Å². The van der Waals surface area contributed by atoms with Gasteiger partial charge in [-0.05, 0) is 43.9 Å². The largest absolute Gasteiger partial charge is 0.393 e. The van der Waals surface area contributed by atoms with Crippen LogP contribution in [0.3, 0.4) is 0 Å². The number of aliphatic hydroxyl groups excluding tert-OH is 1. The van der Waals surface area contributed by atoms with Crippen LogP contribution >= 0.6 is 0 Å². The van der Waals surface area contributed by atoms with Gasteiger partial charge in [0.05, 0.1) is 23.7 Å². The van der Waals surface area contributed by atoms with E-state index in [0.717, 1.165) is 24.2 Å². The second kappa shape index (κ2) is 7.03. The number of amides is 1. The fraction of sp³-hybridized carbons (Fsp3) is 0.421. The number of carbonyl (C=O) groups excluding carboxylic acids is 1. The second-order valence-electron chi connectivity index (χ2n) is 7.13. The van der Waals surface area contributed by atoms with Crippen LogP contribution in [0.4, 0.5) is 0 Å². The Bertz CT molecular complexity index is 1020. The highest BCUT2D eigenvalue weighted by Gasteiger charge is 2.24. The zero-order chi connectivity index (χ0) is 19.0. The van der Waals surface area contributed by atoms with E-state index in [2.05, 4.69) is 15.3 Å². The Hall–Kier alpha value is -2.87. The van der Waals surface area contributed by atoms with Gasteiger partial charge in [0.25, 0.3) is 5.91 Å². The monoisotopic (exact) mass is 369 g/mol. The predicted molar refractivity (Wildman–Crippen MR) is 100 cm³/mol. The van der Waals surface area contributed by atoms with Crippen molar-refractivity contribution < 1.29 is 9.90 Å². The van der Waals surface area contributed by atoms with Crippen molar-refractivity contribution in [3.8, 4) is 0 Å². The van der Waals surface area contributed by atoms with Crippen molar-refractivity contribution in [2.24, 2.45) is 7.05 Å². The summed E-state index contributed by atoms with van der Waals surface area (Å²) in [5, 5.41) is 12.5. The van der Waals surface area contributed by atoms with Gasteiger partial charge < -0.3 is 20.0 Å². The predicted octanol–water partition coefficient (Wildman–Crippen LogP) is 1.47. The van der Waals surface area contributed by atoms with Crippen LogP contribution in [-0.4, -0.2) is 36.2 Å². The topological polar surface area (TPSA) is 105 Å². The molecule has 1 saturated carbocycles. The van der Waals surface area contributed by atoms with Crippen molar-refractivity contribution in [2.75, 3.05) is 0 Å². The zero-order valence-corrected chi connectivity index (χ0v) is 15.2. The molecule has 4 rings (SSSR count). The normalized spacial score (nSPS) is 20.1. The summed E-state index contributed by atoms with van der Waals surface area (Å²) in [7, 11) is 1.87. The molecule has 8 heteroatoms. The molecule has 1 aliphatic carbocycles. The summed E-state index contributed by atoms with van der Waals surface area (Å²) in [6.45, 7) is 0.336. The smallest absolute Gasteiger partial charge is 0.326 e. The van der Waals surface area contributed by atoms with Gasteiger partial charge in [0.15, 0.2) is 0 Å². The summed E-state index contributed by atoms with van der Waals surface area (Å²) in [6.07, 6.45) is 6.21. The molecule has 27 heavy (non-hydrogen) atoms. The molecular formula is C19H23N5O3. The Balaban J connectivity index is 1.55. The van der Waals surface area contributed by atoms with E-state index in [1.807, 2.05) is 23.9 Å². The summed E-state index contributed by atoms with van der Waals surface area (Å²) in [5.41, 5.74) is 1.76. The van der Waals surface area contributed by atoms with Crippen molar-refractivity contribution in [2.45, 2.75) is 44.4 Å². The lowest BCUT2D eigenvalue weighted by atomic mass is 9.93. The number of hydrogen-bond donors (Lipinski definition) is 3. The number of aliphatic hydroxyl groups is 1. The van der Waals surface area contributed by atoms with Crippen molar-refractivity contribution >= 4 is 16.9 Å². The maximum Gasteiger partial charge on any atom is 0.326 e. The number of imidazole rings is 2. The molecule has 0 spiro atoms. The molecule has 1 amide bonds. The summed E-state index contributed by atoms with van der Waals surface area (Å²) in [6, 6.07) is 5.34. The third-order valence-corrected chi connectivity index (χ3v) is 5.34. The molecule has 0 atom stereocenters. The minimum Gasteiger partial charge on any atom is -0.393 e. The fourth-order valence-corrected chi connectivity index (χ4v) is 3.78. The van der Waals surface area contributed by atoms with E-state index in [1.54, 1.807) is 22.9 Å².